The topological polar surface area (TPSA) is 113 Å². The molecule has 0 bridgehead atoms. The molecule has 0 saturated carbocycles. The zero-order valence-corrected chi connectivity index (χ0v) is 17.9. The standard InChI is InChI=1S/C18H19Cl2NO7S/c1-27-13-3-4-15(28-2)11(7-13)5-6-21(10-17(22)23)29(25,26)16-9-12(19)8-14(20)18(16)24/h3-4,7-9,24H,5-6,10H2,1-2H3,(H,22,23). The maximum absolute atomic E-state index is 13.0. The number of sulfonamides is 1. The van der Waals surface area contributed by atoms with E-state index in [0.717, 1.165) is 10.4 Å². The lowest BCUT2D eigenvalue weighted by molar-refractivity contribution is -0.137. The van der Waals surface area contributed by atoms with Crippen molar-refractivity contribution in [2.45, 2.75) is 11.3 Å². The van der Waals surface area contributed by atoms with E-state index >= 15 is 0 Å². The normalized spacial score (nSPS) is 11.5. The first-order chi connectivity index (χ1) is 13.6. The Kier molecular flexibility index (Phi) is 7.59. The number of aliphatic carboxylic acids is 1. The van der Waals surface area contributed by atoms with E-state index in [2.05, 4.69) is 0 Å². The number of carboxylic acid groups (broad SMARTS) is 1. The lowest BCUT2D eigenvalue weighted by atomic mass is 10.1. The van der Waals surface area contributed by atoms with Crippen molar-refractivity contribution in [2.24, 2.45) is 0 Å². The van der Waals surface area contributed by atoms with Crippen LogP contribution in [0.2, 0.25) is 10.0 Å². The molecule has 8 nitrogen and oxygen atoms in total. The summed E-state index contributed by atoms with van der Waals surface area (Å²) in [7, 11) is -1.47. The van der Waals surface area contributed by atoms with Gasteiger partial charge in [0.25, 0.3) is 0 Å². The summed E-state index contributed by atoms with van der Waals surface area (Å²) in [5.41, 5.74) is 0.616. The van der Waals surface area contributed by atoms with Gasteiger partial charge in [0.2, 0.25) is 10.0 Å². The SMILES string of the molecule is COc1ccc(OC)c(CCN(CC(=O)O)S(=O)(=O)c2cc(Cl)cc(Cl)c2O)c1. The molecule has 0 fully saturated rings. The van der Waals surface area contributed by atoms with Gasteiger partial charge in [0, 0.05) is 11.6 Å². The molecule has 2 aromatic rings. The van der Waals surface area contributed by atoms with Crippen LogP contribution in [0.15, 0.2) is 35.2 Å². The first-order valence-electron chi connectivity index (χ1n) is 8.21. The lowest BCUT2D eigenvalue weighted by Crippen LogP contribution is -2.37. The third-order valence-electron chi connectivity index (χ3n) is 4.04. The molecule has 2 rings (SSSR count). The first kappa shape index (κ1) is 23.1. The number of phenols is 1. The second-order valence-corrected chi connectivity index (χ2v) is 8.64. The Morgan fingerprint density at radius 3 is 2.41 bits per heavy atom. The smallest absolute Gasteiger partial charge is 0.318 e. The zero-order valence-electron chi connectivity index (χ0n) is 15.6. The lowest BCUT2D eigenvalue weighted by Gasteiger charge is -2.22. The average molecular weight is 464 g/mol. The molecular weight excluding hydrogens is 445 g/mol. The minimum absolute atomic E-state index is 0.0175. The summed E-state index contributed by atoms with van der Waals surface area (Å²) in [6.45, 7) is -1.03. The largest absolute Gasteiger partial charge is 0.505 e. The summed E-state index contributed by atoms with van der Waals surface area (Å²) in [5.74, 6) is -1.04. The monoisotopic (exact) mass is 463 g/mol. The van der Waals surface area contributed by atoms with Gasteiger partial charge in [0.1, 0.15) is 22.9 Å². The molecule has 0 aliphatic carbocycles. The van der Waals surface area contributed by atoms with Gasteiger partial charge in [-0.2, -0.15) is 4.31 Å². The van der Waals surface area contributed by atoms with Crippen LogP contribution in [0.3, 0.4) is 0 Å². The van der Waals surface area contributed by atoms with Gasteiger partial charge in [0.05, 0.1) is 19.2 Å². The molecule has 0 amide bonds. The number of halogens is 2. The van der Waals surface area contributed by atoms with E-state index in [-0.39, 0.29) is 23.0 Å². The molecule has 0 saturated heterocycles. The molecule has 2 N–H and O–H groups in total. The van der Waals surface area contributed by atoms with Crippen molar-refractivity contribution in [1.82, 2.24) is 4.31 Å². The predicted molar refractivity (Wildman–Crippen MR) is 108 cm³/mol. The third kappa shape index (κ3) is 5.45. The molecule has 0 unspecified atom stereocenters. The average Bonchev–Trinajstić information content (AvgIpc) is 2.67. The van der Waals surface area contributed by atoms with Crippen LogP contribution in [0, 0.1) is 0 Å². The van der Waals surface area contributed by atoms with Gasteiger partial charge in [-0.25, -0.2) is 8.42 Å². The van der Waals surface area contributed by atoms with Crippen molar-refractivity contribution in [1.29, 1.82) is 0 Å². The zero-order chi connectivity index (χ0) is 21.8. The molecule has 0 atom stereocenters. The van der Waals surface area contributed by atoms with E-state index in [4.69, 9.17) is 32.7 Å². The number of methoxy groups -OCH3 is 2. The highest BCUT2D eigenvalue weighted by molar-refractivity contribution is 7.89. The van der Waals surface area contributed by atoms with Crippen molar-refractivity contribution < 1.29 is 32.9 Å². The fraction of sp³-hybridized carbons (Fsp3) is 0.278. The van der Waals surface area contributed by atoms with Crippen LogP contribution in [-0.2, 0) is 21.2 Å². The second-order valence-electron chi connectivity index (χ2n) is 5.89. The van der Waals surface area contributed by atoms with Crippen molar-refractivity contribution >= 4 is 39.2 Å². The quantitative estimate of drug-likeness (QED) is 0.587. The number of nitrogens with zero attached hydrogens (tertiary/aromatic N) is 1. The van der Waals surface area contributed by atoms with Crippen LogP contribution in [0.1, 0.15) is 5.56 Å². The molecule has 0 aromatic heterocycles. The van der Waals surface area contributed by atoms with Crippen LogP contribution in [0.25, 0.3) is 0 Å². The van der Waals surface area contributed by atoms with Gasteiger partial charge >= 0.3 is 5.97 Å². The number of hydrogen-bond donors (Lipinski definition) is 2. The number of phenolic OH excluding ortho intramolecular Hbond substituents is 1. The maximum Gasteiger partial charge on any atom is 0.318 e. The van der Waals surface area contributed by atoms with E-state index in [0.29, 0.717) is 17.1 Å². The molecule has 0 aliphatic heterocycles. The Morgan fingerprint density at radius 1 is 1.14 bits per heavy atom. The van der Waals surface area contributed by atoms with E-state index in [9.17, 15) is 23.4 Å². The minimum atomic E-state index is -4.42. The number of ether oxygens (including phenoxy) is 2. The van der Waals surface area contributed by atoms with Crippen molar-refractivity contribution in [2.75, 3.05) is 27.3 Å². The Morgan fingerprint density at radius 2 is 1.83 bits per heavy atom. The molecule has 0 radical (unpaired) electrons. The van der Waals surface area contributed by atoms with Gasteiger partial charge in [-0.05, 0) is 42.3 Å². The van der Waals surface area contributed by atoms with E-state index < -0.39 is 33.2 Å². The van der Waals surface area contributed by atoms with Crippen molar-refractivity contribution in [3.8, 4) is 17.2 Å². The van der Waals surface area contributed by atoms with Gasteiger partial charge in [0.15, 0.2) is 5.75 Å². The van der Waals surface area contributed by atoms with E-state index in [1.165, 1.54) is 20.3 Å². The molecule has 0 heterocycles. The van der Waals surface area contributed by atoms with Crippen molar-refractivity contribution in [3.05, 3.63) is 45.9 Å². The Bertz CT molecular complexity index is 1010. The maximum atomic E-state index is 13.0. The van der Waals surface area contributed by atoms with Gasteiger partial charge < -0.3 is 19.7 Å². The van der Waals surface area contributed by atoms with Gasteiger partial charge in [-0.3, -0.25) is 4.79 Å². The predicted octanol–water partition coefficient (Wildman–Crippen LogP) is 3.03. The minimum Gasteiger partial charge on any atom is -0.505 e. The molecule has 2 aromatic carbocycles. The summed E-state index contributed by atoms with van der Waals surface area (Å²) < 4.78 is 37.2. The summed E-state index contributed by atoms with van der Waals surface area (Å²) in [5, 5.41) is 19.0. The van der Waals surface area contributed by atoms with Gasteiger partial charge in [-0.1, -0.05) is 23.2 Å². The second kappa shape index (κ2) is 9.53. The highest BCUT2D eigenvalue weighted by Crippen LogP contribution is 2.36. The third-order valence-corrected chi connectivity index (χ3v) is 6.41. The number of rotatable bonds is 9. The highest BCUT2D eigenvalue weighted by Gasteiger charge is 2.30. The molecule has 0 aliphatic rings. The first-order valence-corrected chi connectivity index (χ1v) is 10.4. The van der Waals surface area contributed by atoms with E-state index in [1.54, 1.807) is 18.2 Å². The fourth-order valence-electron chi connectivity index (χ4n) is 2.64. The van der Waals surface area contributed by atoms with E-state index in [1.807, 2.05) is 0 Å². The summed E-state index contributed by atoms with van der Waals surface area (Å²) in [6, 6.07) is 7.20. The van der Waals surface area contributed by atoms with Crippen molar-refractivity contribution in [3.63, 3.8) is 0 Å². The molecule has 11 heteroatoms. The van der Waals surface area contributed by atoms with Crippen LogP contribution in [0.4, 0.5) is 0 Å². The van der Waals surface area contributed by atoms with Crippen LogP contribution in [-0.4, -0.2) is 56.2 Å². The Balaban J connectivity index is 2.41. The molecular formula is C18H19Cl2NO7S. The number of aromatic hydroxyl groups is 1. The summed E-state index contributed by atoms with van der Waals surface area (Å²) in [4.78, 5) is 10.7. The fourth-order valence-corrected chi connectivity index (χ4v) is 4.77. The summed E-state index contributed by atoms with van der Waals surface area (Å²) >= 11 is 11.7. The number of hydrogen-bond acceptors (Lipinski definition) is 6. The van der Waals surface area contributed by atoms with Crippen LogP contribution >= 0.6 is 23.2 Å². The summed E-state index contributed by atoms with van der Waals surface area (Å²) in [6.07, 6.45) is 0.127. The van der Waals surface area contributed by atoms with Gasteiger partial charge in [-0.15, -0.1) is 0 Å². The van der Waals surface area contributed by atoms with Crippen LogP contribution < -0.4 is 9.47 Å². The number of carbonyl (C=O) groups is 1. The molecule has 158 valence electrons. The molecule has 29 heavy (non-hydrogen) atoms. The molecule has 0 spiro atoms. The highest BCUT2D eigenvalue weighted by atomic mass is 35.5. The number of carboxylic acids is 1. The Labute approximate surface area is 178 Å². The Hall–Kier alpha value is -2.20. The van der Waals surface area contributed by atoms with Crippen LogP contribution in [0.5, 0.6) is 17.2 Å². The number of benzene rings is 2.